The highest BCUT2D eigenvalue weighted by Crippen LogP contribution is 2.24. The van der Waals surface area contributed by atoms with E-state index in [1.807, 2.05) is 0 Å². The van der Waals surface area contributed by atoms with Crippen LogP contribution in [0.4, 0.5) is 13.9 Å². The van der Waals surface area contributed by atoms with Gasteiger partial charge in [0.25, 0.3) is 0 Å². The van der Waals surface area contributed by atoms with Crippen molar-refractivity contribution in [1.29, 1.82) is 0 Å². The lowest BCUT2D eigenvalue weighted by molar-refractivity contribution is -0.0503. The molecule has 1 aromatic carbocycles. The van der Waals surface area contributed by atoms with Gasteiger partial charge in [-0.15, -0.1) is 11.3 Å². The van der Waals surface area contributed by atoms with Gasteiger partial charge in [0.15, 0.2) is 5.13 Å². The highest BCUT2D eigenvalue weighted by atomic mass is 32.1. The minimum Gasteiger partial charge on any atom is -0.435 e. The van der Waals surface area contributed by atoms with Gasteiger partial charge < -0.3 is 10.5 Å². The summed E-state index contributed by atoms with van der Waals surface area (Å²) in [5.41, 5.74) is 6.92. The van der Waals surface area contributed by atoms with Gasteiger partial charge in [-0.2, -0.15) is 8.78 Å². The van der Waals surface area contributed by atoms with Crippen LogP contribution in [0.15, 0.2) is 29.6 Å². The van der Waals surface area contributed by atoms with E-state index in [9.17, 15) is 8.78 Å². The van der Waals surface area contributed by atoms with E-state index in [-0.39, 0.29) is 5.75 Å². The first kappa shape index (κ1) is 11.8. The van der Waals surface area contributed by atoms with E-state index in [0.29, 0.717) is 17.1 Å². The van der Waals surface area contributed by atoms with Crippen LogP contribution < -0.4 is 10.5 Å². The van der Waals surface area contributed by atoms with Crippen LogP contribution in [0.25, 0.3) is 0 Å². The summed E-state index contributed by atoms with van der Waals surface area (Å²) < 4.78 is 28.8. The highest BCUT2D eigenvalue weighted by molar-refractivity contribution is 7.13. The Morgan fingerprint density at radius 1 is 1.35 bits per heavy atom. The summed E-state index contributed by atoms with van der Waals surface area (Å²) in [7, 11) is 0. The van der Waals surface area contributed by atoms with Crippen molar-refractivity contribution in [3.63, 3.8) is 0 Å². The molecule has 0 spiro atoms. The number of halogens is 2. The normalized spacial score (nSPS) is 10.8. The Hall–Kier alpha value is -1.69. The maximum atomic E-state index is 12.2. The predicted molar refractivity (Wildman–Crippen MR) is 62.4 cm³/mol. The van der Waals surface area contributed by atoms with Crippen LogP contribution in [0.3, 0.4) is 0 Å². The first-order valence-corrected chi connectivity index (χ1v) is 5.75. The van der Waals surface area contributed by atoms with E-state index in [0.717, 1.165) is 5.69 Å². The number of rotatable bonds is 4. The van der Waals surface area contributed by atoms with Gasteiger partial charge in [-0.05, 0) is 6.07 Å². The molecule has 0 fully saturated rings. The molecule has 0 unspecified atom stereocenters. The molecule has 2 aromatic rings. The van der Waals surface area contributed by atoms with Crippen LogP contribution in [-0.2, 0) is 6.42 Å². The lowest BCUT2D eigenvalue weighted by Gasteiger charge is -2.09. The fourth-order valence-electron chi connectivity index (χ4n) is 1.46. The summed E-state index contributed by atoms with van der Waals surface area (Å²) in [6, 6.07) is 6.66. The lowest BCUT2D eigenvalue weighted by atomic mass is 10.1. The molecule has 0 bridgehead atoms. The maximum absolute atomic E-state index is 12.2. The molecule has 0 aliphatic rings. The van der Waals surface area contributed by atoms with Crippen LogP contribution in [0.1, 0.15) is 11.3 Å². The summed E-state index contributed by atoms with van der Waals surface area (Å²) >= 11 is 1.32. The molecule has 3 nitrogen and oxygen atoms in total. The monoisotopic (exact) mass is 256 g/mol. The molecule has 0 atom stereocenters. The first-order chi connectivity index (χ1) is 8.15. The van der Waals surface area contributed by atoms with E-state index >= 15 is 0 Å². The Kier molecular flexibility index (Phi) is 3.53. The van der Waals surface area contributed by atoms with Gasteiger partial charge in [0.2, 0.25) is 0 Å². The fourth-order valence-corrected chi connectivity index (χ4v) is 2.02. The van der Waals surface area contributed by atoms with E-state index in [1.54, 1.807) is 23.6 Å². The highest BCUT2D eigenvalue weighted by Gasteiger charge is 2.10. The number of anilines is 1. The molecule has 0 radical (unpaired) electrons. The van der Waals surface area contributed by atoms with Crippen molar-refractivity contribution in [3.8, 4) is 5.75 Å². The van der Waals surface area contributed by atoms with Gasteiger partial charge in [0, 0.05) is 17.4 Å². The van der Waals surface area contributed by atoms with E-state index in [2.05, 4.69) is 9.72 Å². The number of hydrogen-bond acceptors (Lipinski definition) is 4. The van der Waals surface area contributed by atoms with E-state index in [4.69, 9.17) is 5.73 Å². The molecular weight excluding hydrogens is 246 g/mol. The molecule has 2 rings (SSSR count). The Morgan fingerprint density at radius 2 is 2.12 bits per heavy atom. The van der Waals surface area contributed by atoms with E-state index in [1.165, 1.54) is 17.4 Å². The predicted octanol–water partition coefficient (Wildman–Crippen LogP) is 2.92. The van der Waals surface area contributed by atoms with Crippen LogP contribution in [0, 0.1) is 0 Å². The standard InChI is InChI=1S/C11H10F2N2OS/c12-10(13)16-9-4-2-1-3-7(9)5-8-6-17-11(14)15-8/h1-4,6,10H,5H2,(H2,14,15). The van der Waals surface area contributed by atoms with Gasteiger partial charge in [0.1, 0.15) is 5.75 Å². The minimum absolute atomic E-state index is 0.175. The summed E-state index contributed by atoms with van der Waals surface area (Å²) in [5, 5.41) is 2.27. The minimum atomic E-state index is -2.82. The van der Waals surface area contributed by atoms with Crippen molar-refractivity contribution in [2.24, 2.45) is 0 Å². The molecule has 1 aromatic heterocycles. The summed E-state index contributed by atoms with van der Waals surface area (Å²) in [6.45, 7) is -2.82. The van der Waals surface area contributed by atoms with Crippen LogP contribution in [-0.4, -0.2) is 11.6 Å². The Balaban J connectivity index is 2.20. The second-order valence-corrected chi connectivity index (χ2v) is 4.23. The van der Waals surface area contributed by atoms with Crippen molar-refractivity contribution in [1.82, 2.24) is 4.98 Å². The van der Waals surface area contributed by atoms with Crippen LogP contribution in [0.2, 0.25) is 0 Å². The van der Waals surface area contributed by atoms with Crippen molar-refractivity contribution < 1.29 is 13.5 Å². The zero-order chi connectivity index (χ0) is 12.3. The van der Waals surface area contributed by atoms with Gasteiger partial charge in [-0.1, -0.05) is 18.2 Å². The number of nitrogens with zero attached hydrogens (tertiary/aromatic N) is 1. The van der Waals surface area contributed by atoms with Crippen molar-refractivity contribution in [3.05, 3.63) is 40.9 Å². The molecule has 0 saturated heterocycles. The lowest BCUT2D eigenvalue weighted by Crippen LogP contribution is -2.04. The molecule has 17 heavy (non-hydrogen) atoms. The number of hydrogen-bond donors (Lipinski definition) is 1. The maximum Gasteiger partial charge on any atom is 0.387 e. The molecule has 1 heterocycles. The van der Waals surface area contributed by atoms with Crippen molar-refractivity contribution in [2.75, 3.05) is 5.73 Å². The zero-order valence-electron chi connectivity index (χ0n) is 8.77. The molecule has 0 aliphatic heterocycles. The smallest absolute Gasteiger partial charge is 0.387 e. The number of nitrogens with two attached hydrogens (primary N) is 1. The summed E-state index contributed by atoms with van der Waals surface area (Å²) in [4.78, 5) is 4.08. The molecule has 0 saturated carbocycles. The molecule has 2 N–H and O–H groups in total. The number of para-hydroxylation sites is 1. The molecule has 0 aliphatic carbocycles. The number of thiazole rings is 1. The molecule has 6 heteroatoms. The van der Waals surface area contributed by atoms with Crippen LogP contribution in [0.5, 0.6) is 5.75 Å². The average molecular weight is 256 g/mol. The summed E-state index contributed by atoms with van der Waals surface area (Å²) in [6.07, 6.45) is 0.427. The average Bonchev–Trinajstić information content (AvgIpc) is 2.66. The Bertz CT molecular complexity index is 502. The van der Waals surface area contributed by atoms with E-state index < -0.39 is 6.61 Å². The van der Waals surface area contributed by atoms with Gasteiger partial charge in [-0.25, -0.2) is 4.98 Å². The fraction of sp³-hybridized carbons (Fsp3) is 0.182. The summed E-state index contributed by atoms with van der Waals surface area (Å²) in [5.74, 6) is 0.175. The second kappa shape index (κ2) is 5.09. The topological polar surface area (TPSA) is 48.1 Å². The third kappa shape index (κ3) is 3.13. The molecule has 0 amide bonds. The zero-order valence-corrected chi connectivity index (χ0v) is 9.58. The van der Waals surface area contributed by atoms with Gasteiger partial charge in [0.05, 0.1) is 5.69 Å². The quantitative estimate of drug-likeness (QED) is 0.915. The Morgan fingerprint density at radius 3 is 2.76 bits per heavy atom. The van der Waals surface area contributed by atoms with Crippen LogP contribution >= 0.6 is 11.3 Å². The number of nitrogen functional groups attached to an aromatic ring is 1. The van der Waals surface area contributed by atoms with Gasteiger partial charge >= 0.3 is 6.61 Å². The second-order valence-electron chi connectivity index (χ2n) is 3.34. The van der Waals surface area contributed by atoms with Crippen molar-refractivity contribution >= 4 is 16.5 Å². The number of ether oxygens (including phenoxy) is 1. The third-order valence-electron chi connectivity index (χ3n) is 2.13. The van der Waals surface area contributed by atoms with Gasteiger partial charge in [-0.3, -0.25) is 0 Å². The molecular formula is C11H10F2N2OS. The Labute approximate surface area is 101 Å². The SMILES string of the molecule is Nc1nc(Cc2ccccc2OC(F)F)cs1. The number of benzene rings is 1. The molecule has 90 valence electrons. The van der Waals surface area contributed by atoms with Crippen molar-refractivity contribution in [2.45, 2.75) is 13.0 Å². The first-order valence-electron chi connectivity index (χ1n) is 4.88. The number of aromatic nitrogens is 1. The number of alkyl halides is 2. The third-order valence-corrected chi connectivity index (χ3v) is 2.85. The largest absolute Gasteiger partial charge is 0.435 e.